The summed E-state index contributed by atoms with van der Waals surface area (Å²) in [6.45, 7) is 10.9. The summed E-state index contributed by atoms with van der Waals surface area (Å²) in [5.74, 6) is -49.2. The third-order valence-corrected chi connectivity index (χ3v) is 6.77. The monoisotopic (exact) mass is 1030 g/mol. The number of ketones is 6. The van der Waals surface area contributed by atoms with E-state index in [0.29, 0.717) is 0 Å². The van der Waals surface area contributed by atoms with Crippen LogP contribution in [0.5, 0.6) is 0 Å². The van der Waals surface area contributed by atoms with Gasteiger partial charge in [0, 0.05) is 51.8 Å². The van der Waals surface area contributed by atoms with Gasteiger partial charge in [0.1, 0.15) is 17.3 Å². The molecule has 0 atom stereocenters. The average molecular weight is 1030 g/mol. The smallest absolute Gasteiger partial charge is 0.299 e. The van der Waals surface area contributed by atoms with Crippen LogP contribution in [0.15, 0.2) is 0 Å². The van der Waals surface area contributed by atoms with Crippen molar-refractivity contribution in [3.63, 3.8) is 0 Å². The van der Waals surface area contributed by atoms with Gasteiger partial charge in [-0.25, -0.2) is 0 Å². The minimum Gasteiger partial charge on any atom is -0.299 e. The van der Waals surface area contributed by atoms with Gasteiger partial charge in [0.15, 0.2) is 0 Å². The van der Waals surface area contributed by atoms with Crippen LogP contribution >= 0.6 is 0 Å². The molecular formula is C30H33F21LaO6. The van der Waals surface area contributed by atoms with Gasteiger partial charge >= 0.3 is 54.1 Å². The summed E-state index contributed by atoms with van der Waals surface area (Å²) in [6.07, 6.45) is -24.8. The Morgan fingerprint density at radius 2 is 0.397 bits per heavy atom. The Morgan fingerprint density at radius 1 is 0.276 bits per heavy atom. The fourth-order valence-electron chi connectivity index (χ4n) is 2.63. The van der Waals surface area contributed by atoms with E-state index in [1.54, 1.807) is 0 Å². The number of Topliss-reactive ketones (excluding diaryl/α,β-unsaturated/α-hetero) is 6. The van der Waals surface area contributed by atoms with Crippen LogP contribution in [0, 0.1) is 51.8 Å². The second-order valence-electron chi connectivity index (χ2n) is 14.8. The van der Waals surface area contributed by atoms with Crippen molar-refractivity contribution in [3.05, 3.63) is 0 Å². The van der Waals surface area contributed by atoms with Gasteiger partial charge in [0.25, 0.3) is 0 Å². The van der Waals surface area contributed by atoms with Crippen LogP contribution in [0.4, 0.5) is 92.2 Å². The molecule has 0 saturated carbocycles. The zero-order chi connectivity index (χ0) is 47.6. The summed E-state index contributed by atoms with van der Waals surface area (Å²) in [5.41, 5.74) is -3.92. The fraction of sp³-hybridized carbons (Fsp3) is 0.800. The van der Waals surface area contributed by atoms with E-state index in [2.05, 4.69) is 0 Å². The second kappa shape index (κ2) is 19.2. The molecule has 339 valence electrons. The first-order valence-corrected chi connectivity index (χ1v) is 14.8. The molecule has 0 aliphatic rings. The average Bonchev–Trinajstić information content (AvgIpc) is 2.93. The summed E-state index contributed by atoms with van der Waals surface area (Å²) < 4.78 is 258. The molecule has 0 spiro atoms. The number of carbonyl (C=O) groups excluding carboxylic acids is 6. The molecule has 0 amide bonds. The molecule has 0 fully saturated rings. The first-order chi connectivity index (χ1) is 24.1. The summed E-state index contributed by atoms with van der Waals surface area (Å²) >= 11 is 0. The van der Waals surface area contributed by atoms with Gasteiger partial charge in [-0.3, -0.25) is 28.8 Å². The van der Waals surface area contributed by atoms with Crippen molar-refractivity contribution >= 4 is 34.7 Å². The van der Waals surface area contributed by atoms with Crippen molar-refractivity contribution in [2.75, 3.05) is 0 Å². The Hall–Kier alpha value is -2.26. The predicted octanol–water partition coefficient (Wildman–Crippen LogP) is 10.2. The normalized spacial score (nSPS) is 14.2. The quantitative estimate of drug-likeness (QED) is 0.143. The standard InChI is InChI=1S/3C10H11F7O2.La/c3*1-7(2,3)5(18)4-6(19)8(11,12)9(13,14)10(15,16)17;/h3*4H2,1-3H3;. The Labute approximate surface area is 342 Å². The number of hydrogen-bond acceptors (Lipinski definition) is 6. The Morgan fingerprint density at radius 3 is 0.483 bits per heavy atom. The summed E-state index contributed by atoms with van der Waals surface area (Å²) in [4.78, 5) is 66.2. The van der Waals surface area contributed by atoms with Crippen LogP contribution in [-0.2, 0) is 28.8 Å². The van der Waals surface area contributed by atoms with Crippen LogP contribution < -0.4 is 0 Å². The van der Waals surface area contributed by atoms with Crippen LogP contribution in [0.2, 0.25) is 0 Å². The van der Waals surface area contributed by atoms with Crippen LogP contribution in [0.1, 0.15) is 81.6 Å². The SMILES string of the molecule is CC(C)(C)C(=O)CC(=O)C(F)(F)C(F)(F)C(F)(F)F.CC(C)(C)C(=O)CC(=O)C(F)(F)C(F)(F)C(F)(F)F.CC(C)(C)C(=O)CC(=O)C(F)(F)C(F)(F)C(F)(F)F.[La]. The molecule has 0 aliphatic heterocycles. The molecule has 0 aromatic carbocycles. The molecule has 0 rings (SSSR count). The van der Waals surface area contributed by atoms with Crippen LogP contribution in [0.3, 0.4) is 0 Å². The molecule has 0 aromatic rings. The van der Waals surface area contributed by atoms with Crippen molar-refractivity contribution < 1.29 is 157 Å². The predicted molar refractivity (Wildman–Crippen MR) is 150 cm³/mol. The van der Waals surface area contributed by atoms with Crippen molar-refractivity contribution in [3.8, 4) is 0 Å². The largest absolute Gasteiger partial charge is 0.460 e. The molecule has 0 aliphatic carbocycles. The number of hydrogen-bond donors (Lipinski definition) is 0. The maximum absolute atomic E-state index is 12.9. The van der Waals surface area contributed by atoms with E-state index in [4.69, 9.17) is 0 Å². The summed E-state index contributed by atoms with van der Waals surface area (Å²) in [7, 11) is 0. The number of alkyl halides is 21. The van der Waals surface area contributed by atoms with Crippen molar-refractivity contribution in [1.29, 1.82) is 0 Å². The minimum absolute atomic E-state index is 0. The van der Waals surface area contributed by atoms with Crippen molar-refractivity contribution in [2.24, 2.45) is 16.2 Å². The van der Waals surface area contributed by atoms with E-state index < -0.39 is 124 Å². The Balaban J connectivity index is -0.000000374. The third kappa shape index (κ3) is 15.0. The van der Waals surface area contributed by atoms with Gasteiger partial charge in [0.2, 0.25) is 17.3 Å². The Kier molecular flexibility index (Phi) is 20.7. The third-order valence-electron chi connectivity index (χ3n) is 6.77. The maximum atomic E-state index is 12.9. The number of rotatable bonds is 12. The topological polar surface area (TPSA) is 102 Å². The number of halogens is 21. The number of carbonyl (C=O) groups is 6. The van der Waals surface area contributed by atoms with Gasteiger partial charge in [-0.1, -0.05) is 62.3 Å². The van der Waals surface area contributed by atoms with Crippen molar-refractivity contribution in [1.82, 2.24) is 0 Å². The summed E-state index contributed by atoms with van der Waals surface area (Å²) in [6, 6.07) is 0. The first kappa shape index (κ1) is 62.4. The minimum atomic E-state index is -6.59. The van der Waals surface area contributed by atoms with E-state index in [1.165, 1.54) is 62.3 Å². The van der Waals surface area contributed by atoms with Gasteiger partial charge in [-0.05, 0) is 0 Å². The molecular weight excluding hydrogens is 994 g/mol. The van der Waals surface area contributed by atoms with Gasteiger partial charge in [-0.2, -0.15) is 92.2 Å². The van der Waals surface area contributed by atoms with E-state index in [9.17, 15) is 121 Å². The zero-order valence-electron chi connectivity index (χ0n) is 31.1. The van der Waals surface area contributed by atoms with E-state index in [0.717, 1.165) is 0 Å². The molecule has 0 aromatic heterocycles. The molecule has 58 heavy (non-hydrogen) atoms. The van der Waals surface area contributed by atoms with Crippen LogP contribution in [0.25, 0.3) is 0 Å². The molecule has 6 nitrogen and oxygen atoms in total. The molecule has 0 N–H and O–H groups in total. The Bertz CT molecular complexity index is 1310. The van der Waals surface area contributed by atoms with Gasteiger partial charge in [0.05, 0.1) is 19.3 Å². The molecule has 0 heterocycles. The van der Waals surface area contributed by atoms with Gasteiger partial charge in [-0.15, -0.1) is 0 Å². The van der Waals surface area contributed by atoms with Crippen molar-refractivity contribution in [2.45, 2.75) is 136 Å². The summed E-state index contributed by atoms with van der Waals surface area (Å²) in [5, 5.41) is 0. The van der Waals surface area contributed by atoms with E-state index in [-0.39, 0.29) is 35.6 Å². The van der Waals surface area contributed by atoms with Gasteiger partial charge < -0.3 is 0 Å². The van der Waals surface area contributed by atoms with Crippen LogP contribution in [-0.4, -0.2) is 88.8 Å². The van der Waals surface area contributed by atoms with E-state index >= 15 is 0 Å². The molecule has 1 radical (unpaired) electrons. The zero-order valence-corrected chi connectivity index (χ0v) is 34.7. The molecule has 0 saturated heterocycles. The molecule has 0 unspecified atom stereocenters. The van der Waals surface area contributed by atoms with E-state index in [1.807, 2.05) is 0 Å². The maximum Gasteiger partial charge on any atom is 0.460 e. The molecule has 0 bridgehead atoms. The fourth-order valence-corrected chi connectivity index (χ4v) is 2.63. The first-order valence-electron chi connectivity index (χ1n) is 14.8. The second-order valence-corrected chi connectivity index (χ2v) is 14.8. The molecule has 28 heteroatoms.